The summed E-state index contributed by atoms with van der Waals surface area (Å²) < 4.78 is 42.0. The van der Waals surface area contributed by atoms with Gasteiger partial charge >= 0.3 is 12.1 Å². The van der Waals surface area contributed by atoms with Gasteiger partial charge < -0.3 is 4.74 Å². The average molecular weight is 271 g/mol. The molecule has 0 aromatic carbocycles. The molecule has 1 heterocycles. The van der Waals surface area contributed by atoms with E-state index >= 15 is 0 Å². The lowest BCUT2D eigenvalue weighted by atomic mass is 10.0. The van der Waals surface area contributed by atoms with Crippen LogP contribution in [0.4, 0.5) is 13.2 Å². The van der Waals surface area contributed by atoms with Gasteiger partial charge in [-0.15, -0.1) is 0 Å². The number of rotatable bonds is 2. The minimum atomic E-state index is -4.89. The second kappa shape index (κ2) is 5.34. The van der Waals surface area contributed by atoms with Gasteiger partial charge in [0.15, 0.2) is 0 Å². The second-order valence-corrected chi connectivity index (χ2v) is 4.18. The van der Waals surface area contributed by atoms with Crippen LogP contribution in [0.25, 0.3) is 0 Å². The zero-order valence-corrected chi connectivity index (χ0v) is 9.98. The molecule has 0 aromatic heterocycles. The largest absolute Gasteiger partial charge is 0.472 e. The number of ether oxygens (including phenoxy) is 1. The molecule has 0 N–H and O–H groups in total. The molecule has 0 fully saturated rings. The van der Waals surface area contributed by atoms with E-state index in [2.05, 4.69) is 0 Å². The van der Waals surface area contributed by atoms with Crippen LogP contribution in [-0.4, -0.2) is 17.0 Å². The fourth-order valence-corrected chi connectivity index (χ4v) is 1.80. The molecule has 0 saturated heterocycles. The van der Waals surface area contributed by atoms with Crippen LogP contribution in [0.15, 0.2) is 48.2 Å². The second-order valence-electron chi connectivity index (χ2n) is 4.18. The number of allylic oxidation sites excluding steroid dienone is 4. The normalized spacial score (nSPS) is 18.8. The lowest BCUT2D eigenvalue weighted by Gasteiger charge is -2.21. The molecular weight excluding hydrogens is 259 g/mol. The van der Waals surface area contributed by atoms with Gasteiger partial charge in [-0.1, -0.05) is 23.8 Å². The van der Waals surface area contributed by atoms with Crippen LogP contribution in [0.1, 0.15) is 19.3 Å². The van der Waals surface area contributed by atoms with E-state index < -0.39 is 12.1 Å². The first-order chi connectivity index (χ1) is 8.97. The number of hydrogen-bond acceptors (Lipinski definition) is 2. The summed E-state index contributed by atoms with van der Waals surface area (Å²) in [6.45, 7) is 0. The highest BCUT2D eigenvalue weighted by molar-refractivity contribution is 5.83. The molecule has 1 aliphatic heterocycles. The molecule has 0 saturated carbocycles. The number of carbonyl (C=O) groups is 1. The first-order valence-electron chi connectivity index (χ1n) is 5.75. The zero-order valence-electron chi connectivity index (χ0n) is 9.98. The lowest BCUT2D eigenvalue weighted by Crippen LogP contribution is -2.35. The van der Waals surface area contributed by atoms with Gasteiger partial charge in [-0.2, -0.15) is 13.2 Å². The van der Waals surface area contributed by atoms with Crippen molar-refractivity contribution in [2.24, 2.45) is 0 Å². The maximum Gasteiger partial charge on any atom is 0.472 e. The fourth-order valence-electron chi connectivity index (χ4n) is 1.80. The van der Waals surface area contributed by atoms with Gasteiger partial charge in [0.05, 0.1) is 6.20 Å². The van der Waals surface area contributed by atoms with Crippen molar-refractivity contribution in [3.63, 3.8) is 0 Å². The minimum absolute atomic E-state index is 0.321. The van der Waals surface area contributed by atoms with E-state index in [4.69, 9.17) is 4.74 Å². The number of halogens is 3. The third-order valence-electron chi connectivity index (χ3n) is 2.70. The Labute approximate surface area is 108 Å². The highest BCUT2D eigenvalue weighted by atomic mass is 19.4. The van der Waals surface area contributed by atoms with Crippen LogP contribution < -0.4 is 0 Å². The average Bonchev–Trinajstić information content (AvgIpc) is 2.38. The van der Waals surface area contributed by atoms with E-state index in [-0.39, 0.29) is 0 Å². The number of nitrogens with zero attached hydrogens (tertiary/aromatic N) is 1. The Hall–Kier alpha value is -1.98. The summed E-state index contributed by atoms with van der Waals surface area (Å²) in [7, 11) is 0. The van der Waals surface area contributed by atoms with Gasteiger partial charge in [0.1, 0.15) is 12.0 Å². The van der Waals surface area contributed by atoms with E-state index in [0.717, 1.165) is 37.1 Å². The number of alkyl halides is 3. The Kier molecular flexibility index (Phi) is 3.78. The van der Waals surface area contributed by atoms with Gasteiger partial charge in [0, 0.05) is 12.6 Å². The Balaban J connectivity index is 2.06. The molecule has 0 atom stereocenters. The van der Waals surface area contributed by atoms with Crippen molar-refractivity contribution in [2.75, 3.05) is 0 Å². The maximum atomic E-state index is 12.3. The molecule has 0 unspecified atom stereocenters. The number of carbonyl (C=O) groups excluding carboxylic acids is 1. The first kappa shape index (κ1) is 13.5. The van der Waals surface area contributed by atoms with E-state index in [1.807, 2.05) is 18.2 Å². The fraction of sp³-hybridized carbons (Fsp3) is 0.308. The first-order valence-corrected chi connectivity index (χ1v) is 5.75. The molecule has 19 heavy (non-hydrogen) atoms. The third-order valence-corrected chi connectivity index (χ3v) is 2.70. The van der Waals surface area contributed by atoms with E-state index in [1.54, 1.807) is 0 Å². The van der Waals surface area contributed by atoms with E-state index in [1.165, 1.54) is 0 Å². The minimum Gasteiger partial charge on any atom is -0.466 e. The standard InChI is InChI=1S/C13H12F3NO2/c14-13(15,16)12(18)17-6-7-19-11(9-17)8-10-4-2-1-3-5-10/h1-2,4,6-7,9H,3,5,8H2. The summed E-state index contributed by atoms with van der Waals surface area (Å²) in [5.74, 6) is -1.61. The van der Waals surface area contributed by atoms with Crippen molar-refractivity contribution in [3.8, 4) is 0 Å². The predicted octanol–water partition coefficient (Wildman–Crippen LogP) is 3.39. The van der Waals surface area contributed by atoms with Crippen LogP contribution in [-0.2, 0) is 9.53 Å². The van der Waals surface area contributed by atoms with Crippen LogP contribution in [0, 0.1) is 0 Å². The molecule has 6 heteroatoms. The highest BCUT2D eigenvalue weighted by Crippen LogP contribution is 2.25. The molecule has 0 bridgehead atoms. The Morgan fingerprint density at radius 3 is 2.84 bits per heavy atom. The molecule has 1 aliphatic carbocycles. The summed E-state index contributed by atoms with van der Waals surface area (Å²) in [6, 6.07) is 0. The van der Waals surface area contributed by atoms with Gasteiger partial charge in [-0.25, -0.2) is 0 Å². The Morgan fingerprint density at radius 2 is 2.21 bits per heavy atom. The molecule has 2 aliphatic rings. The summed E-state index contributed by atoms with van der Waals surface area (Å²) in [4.78, 5) is 11.6. The molecule has 102 valence electrons. The van der Waals surface area contributed by atoms with Gasteiger partial charge in [-0.3, -0.25) is 9.69 Å². The Morgan fingerprint density at radius 1 is 1.42 bits per heavy atom. The van der Waals surface area contributed by atoms with Crippen molar-refractivity contribution < 1.29 is 22.7 Å². The molecular formula is C13H12F3NO2. The molecule has 0 aromatic rings. The molecule has 0 spiro atoms. The maximum absolute atomic E-state index is 12.3. The summed E-state index contributed by atoms with van der Waals surface area (Å²) in [6.07, 6.45) is 6.18. The summed E-state index contributed by atoms with van der Waals surface area (Å²) in [5, 5.41) is 0. The van der Waals surface area contributed by atoms with Crippen molar-refractivity contribution >= 4 is 5.91 Å². The smallest absolute Gasteiger partial charge is 0.466 e. The van der Waals surface area contributed by atoms with Crippen molar-refractivity contribution in [1.29, 1.82) is 0 Å². The summed E-state index contributed by atoms with van der Waals surface area (Å²) >= 11 is 0. The van der Waals surface area contributed by atoms with Crippen LogP contribution in [0.3, 0.4) is 0 Å². The van der Waals surface area contributed by atoms with Gasteiger partial charge in [0.25, 0.3) is 0 Å². The zero-order chi connectivity index (χ0) is 13.9. The SMILES string of the molecule is O=C(N1C=COC(CC2=CC=CCC2)=C1)C(F)(F)F. The van der Waals surface area contributed by atoms with E-state index in [0.29, 0.717) is 17.1 Å². The number of hydrogen-bond donors (Lipinski definition) is 0. The van der Waals surface area contributed by atoms with Crippen LogP contribution in [0.2, 0.25) is 0 Å². The quantitative estimate of drug-likeness (QED) is 0.770. The van der Waals surface area contributed by atoms with Crippen molar-refractivity contribution in [3.05, 3.63) is 48.2 Å². The van der Waals surface area contributed by atoms with Crippen molar-refractivity contribution in [1.82, 2.24) is 4.90 Å². The van der Waals surface area contributed by atoms with Gasteiger partial charge in [0.2, 0.25) is 0 Å². The van der Waals surface area contributed by atoms with Crippen molar-refractivity contribution in [2.45, 2.75) is 25.4 Å². The highest BCUT2D eigenvalue weighted by Gasteiger charge is 2.42. The summed E-state index contributed by atoms with van der Waals surface area (Å²) in [5.41, 5.74) is 1.06. The molecule has 2 rings (SSSR count). The Bertz CT molecular complexity index is 487. The molecule has 0 radical (unpaired) electrons. The lowest BCUT2D eigenvalue weighted by molar-refractivity contribution is -0.180. The molecule has 1 amide bonds. The third kappa shape index (κ3) is 3.49. The predicted molar refractivity (Wildman–Crippen MR) is 62.3 cm³/mol. The number of amides is 1. The van der Waals surface area contributed by atoms with Gasteiger partial charge in [-0.05, 0) is 12.8 Å². The van der Waals surface area contributed by atoms with E-state index in [9.17, 15) is 18.0 Å². The monoisotopic (exact) mass is 271 g/mol. The van der Waals surface area contributed by atoms with Crippen LogP contribution >= 0.6 is 0 Å². The molecule has 3 nitrogen and oxygen atoms in total. The van der Waals surface area contributed by atoms with Crippen LogP contribution in [0.5, 0.6) is 0 Å². The topological polar surface area (TPSA) is 29.5 Å².